The molecule has 0 amide bonds. The predicted octanol–water partition coefficient (Wildman–Crippen LogP) is 0.0993. The van der Waals surface area contributed by atoms with Crippen LogP contribution >= 0.6 is 0 Å². The summed E-state index contributed by atoms with van der Waals surface area (Å²) < 4.78 is 16.1. The van der Waals surface area contributed by atoms with Gasteiger partial charge >= 0.3 is 8.80 Å². The standard InChI is InChI=1S/C6H12O4Si/c1-4(2)11-8-3-5(9-11)6(7)10-11/h4-7H,3H2,1-2H3. The van der Waals surface area contributed by atoms with Crippen molar-refractivity contribution in [3.8, 4) is 0 Å². The average molecular weight is 176 g/mol. The van der Waals surface area contributed by atoms with E-state index in [1.165, 1.54) is 0 Å². The quantitative estimate of drug-likeness (QED) is 0.576. The van der Waals surface area contributed by atoms with Gasteiger partial charge in [0.05, 0.1) is 6.61 Å². The van der Waals surface area contributed by atoms with Crippen molar-refractivity contribution in [2.45, 2.75) is 31.8 Å². The largest absolute Gasteiger partial charge is 0.506 e. The minimum atomic E-state index is -2.42. The van der Waals surface area contributed by atoms with Gasteiger partial charge in [-0.2, -0.15) is 0 Å². The van der Waals surface area contributed by atoms with Crippen LogP contribution in [0.15, 0.2) is 0 Å². The van der Waals surface area contributed by atoms with E-state index in [4.69, 9.17) is 13.3 Å². The van der Waals surface area contributed by atoms with Crippen LogP contribution in [0.2, 0.25) is 5.54 Å². The molecule has 0 saturated carbocycles. The Balaban J connectivity index is 2.17. The van der Waals surface area contributed by atoms with E-state index in [-0.39, 0.29) is 11.6 Å². The smallest absolute Gasteiger partial charge is 0.370 e. The third-order valence-electron chi connectivity index (χ3n) is 2.07. The molecule has 1 N–H and O–H groups in total. The zero-order valence-electron chi connectivity index (χ0n) is 6.61. The lowest BCUT2D eigenvalue weighted by Crippen LogP contribution is -2.44. The Morgan fingerprint density at radius 1 is 1.45 bits per heavy atom. The third kappa shape index (κ3) is 0.962. The van der Waals surface area contributed by atoms with Crippen LogP contribution < -0.4 is 0 Å². The summed E-state index contributed by atoms with van der Waals surface area (Å²) in [4.78, 5) is 0. The molecule has 11 heavy (non-hydrogen) atoms. The van der Waals surface area contributed by atoms with Crippen molar-refractivity contribution in [1.82, 2.24) is 0 Å². The second-order valence-electron chi connectivity index (χ2n) is 3.23. The first-order valence-corrected chi connectivity index (χ1v) is 5.62. The first-order chi connectivity index (χ1) is 5.14. The van der Waals surface area contributed by atoms with Gasteiger partial charge in [0.25, 0.3) is 0 Å². The lowest BCUT2D eigenvalue weighted by atomic mass is 10.4. The maximum atomic E-state index is 9.24. The van der Waals surface area contributed by atoms with E-state index in [2.05, 4.69) is 0 Å². The molecule has 2 bridgehead atoms. The molecule has 4 nitrogen and oxygen atoms in total. The SMILES string of the molecule is CC(C)[Si]12OCC(O1)C(O)O2. The molecule has 2 heterocycles. The molecule has 64 valence electrons. The first-order valence-electron chi connectivity index (χ1n) is 3.82. The van der Waals surface area contributed by atoms with Crippen molar-refractivity contribution in [2.24, 2.45) is 0 Å². The van der Waals surface area contributed by atoms with Gasteiger partial charge in [-0.25, -0.2) is 0 Å². The topological polar surface area (TPSA) is 47.9 Å². The highest BCUT2D eigenvalue weighted by molar-refractivity contribution is 6.63. The van der Waals surface area contributed by atoms with Crippen molar-refractivity contribution in [3.63, 3.8) is 0 Å². The Bertz CT molecular complexity index is 170. The zero-order valence-corrected chi connectivity index (χ0v) is 7.61. The second kappa shape index (κ2) is 2.27. The molecule has 0 spiro atoms. The molecule has 3 atom stereocenters. The number of fused-ring (bicyclic) bond motifs is 2. The van der Waals surface area contributed by atoms with Gasteiger partial charge in [-0.1, -0.05) is 13.8 Å². The van der Waals surface area contributed by atoms with Crippen molar-refractivity contribution in [1.29, 1.82) is 0 Å². The molecular formula is C6H12O4Si. The second-order valence-corrected chi connectivity index (χ2v) is 6.36. The van der Waals surface area contributed by atoms with E-state index in [1.54, 1.807) is 0 Å². The van der Waals surface area contributed by atoms with Gasteiger partial charge in [-0.15, -0.1) is 0 Å². The summed E-state index contributed by atoms with van der Waals surface area (Å²) in [5.41, 5.74) is 0.240. The summed E-state index contributed by atoms with van der Waals surface area (Å²) in [5, 5.41) is 9.24. The molecule has 0 aromatic rings. The predicted molar refractivity (Wildman–Crippen MR) is 38.8 cm³/mol. The van der Waals surface area contributed by atoms with Gasteiger partial charge in [0.2, 0.25) is 0 Å². The van der Waals surface area contributed by atoms with Crippen LogP contribution in [0, 0.1) is 0 Å². The lowest BCUT2D eigenvalue weighted by molar-refractivity contribution is -0.0758. The van der Waals surface area contributed by atoms with Gasteiger partial charge in [0.1, 0.15) is 6.10 Å². The van der Waals surface area contributed by atoms with Crippen molar-refractivity contribution < 1.29 is 18.4 Å². The number of hydrogen-bond acceptors (Lipinski definition) is 4. The number of hydrogen-bond donors (Lipinski definition) is 1. The van der Waals surface area contributed by atoms with E-state index in [1.807, 2.05) is 13.8 Å². The Hall–Kier alpha value is 0.0569. The minimum Gasteiger partial charge on any atom is -0.370 e. The van der Waals surface area contributed by atoms with Crippen LogP contribution in [0.25, 0.3) is 0 Å². The van der Waals surface area contributed by atoms with Crippen molar-refractivity contribution in [2.75, 3.05) is 6.61 Å². The summed E-state index contributed by atoms with van der Waals surface area (Å²) in [6.07, 6.45) is -0.984. The van der Waals surface area contributed by atoms with Gasteiger partial charge in [0, 0.05) is 5.54 Å². The van der Waals surface area contributed by atoms with E-state index < -0.39 is 15.1 Å². The Labute approximate surface area is 66.4 Å². The number of rotatable bonds is 1. The third-order valence-corrected chi connectivity index (χ3v) is 5.26. The number of aliphatic hydroxyl groups excluding tert-OH is 1. The van der Waals surface area contributed by atoms with E-state index in [9.17, 15) is 5.11 Å². The molecule has 2 aliphatic rings. The average Bonchev–Trinajstić information content (AvgIpc) is 2.44. The fourth-order valence-corrected chi connectivity index (χ4v) is 3.92. The molecular weight excluding hydrogens is 164 g/mol. The number of aliphatic hydroxyl groups is 1. The van der Waals surface area contributed by atoms with Crippen LogP contribution in [0.1, 0.15) is 13.8 Å². The molecule has 2 fully saturated rings. The summed E-state index contributed by atoms with van der Waals surface area (Å²) in [7, 11) is -2.42. The van der Waals surface area contributed by atoms with Crippen LogP contribution in [0.5, 0.6) is 0 Å². The summed E-state index contributed by atoms with van der Waals surface area (Å²) >= 11 is 0. The van der Waals surface area contributed by atoms with Crippen molar-refractivity contribution in [3.05, 3.63) is 0 Å². The minimum absolute atomic E-state index is 0.232. The van der Waals surface area contributed by atoms with Crippen molar-refractivity contribution >= 4 is 8.80 Å². The molecule has 2 saturated heterocycles. The van der Waals surface area contributed by atoms with Crippen LogP contribution in [0.4, 0.5) is 0 Å². The molecule has 5 heteroatoms. The summed E-state index contributed by atoms with van der Waals surface area (Å²) in [5.74, 6) is 0. The lowest BCUT2D eigenvalue weighted by Gasteiger charge is -2.24. The highest BCUT2D eigenvalue weighted by Gasteiger charge is 2.61. The Morgan fingerprint density at radius 3 is 2.45 bits per heavy atom. The monoisotopic (exact) mass is 176 g/mol. The van der Waals surface area contributed by atoms with Crippen LogP contribution in [-0.4, -0.2) is 32.9 Å². The van der Waals surface area contributed by atoms with E-state index in [0.717, 1.165) is 0 Å². The first kappa shape index (κ1) is 7.69. The van der Waals surface area contributed by atoms with Gasteiger partial charge in [-0.3, -0.25) is 0 Å². The molecule has 0 aromatic carbocycles. The maximum Gasteiger partial charge on any atom is 0.506 e. The highest BCUT2D eigenvalue weighted by atomic mass is 28.4. The molecule has 0 aliphatic carbocycles. The molecule has 2 aliphatic heterocycles. The Morgan fingerprint density at radius 2 is 2.18 bits per heavy atom. The van der Waals surface area contributed by atoms with Crippen LogP contribution in [-0.2, 0) is 13.3 Å². The fourth-order valence-electron chi connectivity index (χ4n) is 1.36. The Kier molecular flexibility index (Phi) is 1.59. The fraction of sp³-hybridized carbons (Fsp3) is 1.00. The van der Waals surface area contributed by atoms with Gasteiger partial charge in [-0.05, 0) is 0 Å². The summed E-state index contributed by atoms with van der Waals surface area (Å²) in [6, 6.07) is 0. The van der Waals surface area contributed by atoms with Crippen LogP contribution in [0.3, 0.4) is 0 Å². The molecule has 0 aromatic heterocycles. The molecule has 2 rings (SSSR count). The maximum absolute atomic E-state index is 9.24. The normalized spacial score (nSPS) is 49.1. The molecule has 3 unspecified atom stereocenters. The molecule has 0 radical (unpaired) electrons. The van der Waals surface area contributed by atoms with E-state index >= 15 is 0 Å². The van der Waals surface area contributed by atoms with E-state index in [0.29, 0.717) is 6.61 Å². The highest BCUT2D eigenvalue weighted by Crippen LogP contribution is 2.39. The van der Waals surface area contributed by atoms with Gasteiger partial charge in [0.15, 0.2) is 6.29 Å². The summed E-state index contributed by atoms with van der Waals surface area (Å²) in [6.45, 7) is 4.48. The zero-order chi connectivity index (χ0) is 8.06. The van der Waals surface area contributed by atoms with Gasteiger partial charge < -0.3 is 18.4 Å².